The lowest BCUT2D eigenvalue weighted by molar-refractivity contribution is -0.155. The van der Waals surface area contributed by atoms with Crippen molar-refractivity contribution in [3.8, 4) is 5.75 Å². The van der Waals surface area contributed by atoms with Crippen molar-refractivity contribution in [2.45, 2.75) is 59.6 Å². The number of Topliss-reactive ketones (excluding diaryl/α,β-unsaturated/α-hetero) is 2. The highest BCUT2D eigenvalue weighted by atomic mass is 16.3. The van der Waals surface area contributed by atoms with E-state index in [-0.39, 0.29) is 34.6 Å². The van der Waals surface area contributed by atoms with Crippen molar-refractivity contribution in [1.29, 1.82) is 0 Å². The minimum absolute atomic E-state index is 0.0240. The van der Waals surface area contributed by atoms with Gasteiger partial charge in [-0.2, -0.15) is 0 Å². The van der Waals surface area contributed by atoms with E-state index >= 15 is 0 Å². The van der Waals surface area contributed by atoms with E-state index in [1.54, 1.807) is 26.0 Å². The van der Waals surface area contributed by atoms with Crippen molar-refractivity contribution in [2.75, 3.05) is 6.54 Å². The Balaban J connectivity index is 1.83. The van der Waals surface area contributed by atoms with Gasteiger partial charge in [0.05, 0.1) is 5.56 Å². The summed E-state index contributed by atoms with van der Waals surface area (Å²) in [6, 6.07) is 3.58. The van der Waals surface area contributed by atoms with Gasteiger partial charge in [0, 0.05) is 36.1 Å². The van der Waals surface area contributed by atoms with Gasteiger partial charge in [0.25, 0.3) is 5.91 Å². The van der Waals surface area contributed by atoms with E-state index in [0.29, 0.717) is 30.6 Å². The monoisotopic (exact) mass is 512 g/mol. The number of aromatic hydroxyl groups is 1. The molecule has 0 heterocycles. The molecule has 0 aromatic heterocycles. The number of nitrogens with two attached hydrogens (primary N) is 1. The summed E-state index contributed by atoms with van der Waals surface area (Å²) in [5, 5.41) is 48.2. The summed E-state index contributed by atoms with van der Waals surface area (Å²) >= 11 is 0. The zero-order valence-corrected chi connectivity index (χ0v) is 21.9. The summed E-state index contributed by atoms with van der Waals surface area (Å²) in [5.74, 6) is -7.45. The summed E-state index contributed by atoms with van der Waals surface area (Å²) < 4.78 is 0. The Morgan fingerprint density at radius 1 is 1.19 bits per heavy atom. The fourth-order valence-corrected chi connectivity index (χ4v) is 6.22. The molecule has 0 aliphatic heterocycles. The van der Waals surface area contributed by atoms with Crippen molar-refractivity contribution < 1.29 is 34.8 Å². The maximum absolute atomic E-state index is 13.8. The van der Waals surface area contributed by atoms with Crippen LogP contribution in [0.15, 0.2) is 29.0 Å². The van der Waals surface area contributed by atoms with Gasteiger partial charge in [0.1, 0.15) is 22.8 Å². The quantitative estimate of drug-likeness (QED) is 0.327. The van der Waals surface area contributed by atoms with Crippen LogP contribution in [0.4, 0.5) is 0 Å². The molecule has 200 valence electrons. The molecule has 3 aliphatic carbocycles. The largest absolute Gasteiger partial charge is 0.508 e. The van der Waals surface area contributed by atoms with Gasteiger partial charge in [-0.3, -0.25) is 14.4 Å². The average molecular weight is 513 g/mol. The summed E-state index contributed by atoms with van der Waals surface area (Å²) in [6.07, 6.45) is 0.407. The van der Waals surface area contributed by atoms with Crippen LogP contribution in [0.1, 0.15) is 57.7 Å². The fraction of sp³-hybridized carbons (Fsp3) is 0.536. The van der Waals surface area contributed by atoms with Gasteiger partial charge in [0.15, 0.2) is 11.4 Å². The Kier molecular flexibility index (Phi) is 6.53. The third-order valence-corrected chi connectivity index (χ3v) is 7.90. The number of rotatable bonds is 5. The third-order valence-electron chi connectivity index (χ3n) is 7.90. The van der Waals surface area contributed by atoms with Crippen molar-refractivity contribution in [1.82, 2.24) is 5.32 Å². The molecule has 1 fully saturated rings. The molecule has 7 N–H and O–H groups in total. The number of phenolic OH excluding ortho intramolecular Hbond substituents is 1. The number of fused-ring (bicyclic) bond motifs is 3. The average Bonchev–Trinajstić information content (AvgIpc) is 2.76. The van der Waals surface area contributed by atoms with Crippen molar-refractivity contribution in [2.24, 2.45) is 34.8 Å². The number of phenols is 1. The maximum Gasteiger partial charge on any atom is 0.255 e. The Labute approximate surface area is 216 Å². The van der Waals surface area contributed by atoms with Crippen LogP contribution in [0.5, 0.6) is 5.75 Å². The number of benzene rings is 1. The number of primary amides is 1. The predicted molar refractivity (Wildman–Crippen MR) is 136 cm³/mol. The first kappa shape index (κ1) is 26.9. The van der Waals surface area contributed by atoms with Crippen LogP contribution in [0, 0.1) is 29.1 Å². The second-order valence-electron chi connectivity index (χ2n) is 12.1. The predicted octanol–water partition coefficient (Wildman–Crippen LogP) is 2.44. The topological polar surface area (TPSA) is 170 Å². The molecule has 37 heavy (non-hydrogen) atoms. The number of amides is 1. The first-order valence-electron chi connectivity index (χ1n) is 12.6. The highest BCUT2D eigenvalue weighted by Crippen LogP contribution is 2.54. The lowest BCUT2D eigenvalue weighted by Crippen LogP contribution is -2.62. The minimum Gasteiger partial charge on any atom is -0.508 e. The van der Waals surface area contributed by atoms with Gasteiger partial charge in [-0.05, 0) is 35.7 Å². The number of nitrogens with one attached hydrogen (secondary N) is 1. The van der Waals surface area contributed by atoms with E-state index in [2.05, 4.69) is 26.1 Å². The summed E-state index contributed by atoms with van der Waals surface area (Å²) in [7, 11) is 0. The van der Waals surface area contributed by atoms with E-state index in [9.17, 15) is 34.8 Å². The second-order valence-corrected chi connectivity index (χ2v) is 12.1. The number of hydrogen-bond donors (Lipinski definition) is 6. The van der Waals surface area contributed by atoms with Crippen molar-refractivity contribution in [3.05, 3.63) is 45.7 Å². The van der Waals surface area contributed by atoms with E-state index < -0.39 is 57.9 Å². The molecule has 0 unspecified atom stereocenters. The number of carbonyl (C=O) groups is 3. The summed E-state index contributed by atoms with van der Waals surface area (Å²) in [6.45, 7) is 10.7. The van der Waals surface area contributed by atoms with E-state index in [0.717, 1.165) is 0 Å². The first-order valence-corrected chi connectivity index (χ1v) is 12.6. The highest BCUT2D eigenvalue weighted by molar-refractivity contribution is 6.23. The molecule has 1 saturated carbocycles. The van der Waals surface area contributed by atoms with E-state index in [4.69, 9.17) is 5.73 Å². The molecule has 3 aliphatic rings. The lowest BCUT2D eigenvalue weighted by Gasteiger charge is -2.50. The van der Waals surface area contributed by atoms with Gasteiger partial charge in [-0.15, -0.1) is 0 Å². The number of hydrogen-bond acceptors (Lipinski definition) is 8. The van der Waals surface area contributed by atoms with Crippen LogP contribution < -0.4 is 11.1 Å². The van der Waals surface area contributed by atoms with Crippen LogP contribution in [-0.4, -0.2) is 50.0 Å². The Bertz CT molecular complexity index is 1250. The van der Waals surface area contributed by atoms with Crippen molar-refractivity contribution >= 4 is 23.2 Å². The first-order chi connectivity index (χ1) is 17.1. The summed E-state index contributed by atoms with van der Waals surface area (Å²) in [4.78, 5) is 39.1. The molecule has 1 aromatic carbocycles. The molecule has 0 spiro atoms. The maximum atomic E-state index is 13.8. The van der Waals surface area contributed by atoms with Crippen LogP contribution >= 0.6 is 0 Å². The number of carbonyl (C=O) groups excluding carboxylic acids is 3. The molecule has 1 amide bonds. The molecule has 0 bridgehead atoms. The molecule has 4 rings (SSSR count). The van der Waals surface area contributed by atoms with Crippen LogP contribution in [0.25, 0.3) is 5.76 Å². The van der Waals surface area contributed by atoms with Gasteiger partial charge < -0.3 is 31.5 Å². The number of ketones is 2. The number of aliphatic hydroxyl groups excluding tert-OH is 2. The molecule has 4 atom stereocenters. The Hall–Kier alpha value is -3.17. The van der Waals surface area contributed by atoms with Gasteiger partial charge in [-0.25, -0.2) is 0 Å². The van der Waals surface area contributed by atoms with Crippen LogP contribution in [-0.2, 0) is 27.3 Å². The summed E-state index contributed by atoms with van der Waals surface area (Å²) in [5.41, 5.74) is 3.17. The molecule has 0 saturated heterocycles. The molecule has 9 nitrogen and oxygen atoms in total. The zero-order chi connectivity index (χ0) is 27.6. The smallest absolute Gasteiger partial charge is 0.255 e. The molecule has 9 heteroatoms. The highest BCUT2D eigenvalue weighted by Gasteiger charge is 2.63. The van der Waals surface area contributed by atoms with Crippen LogP contribution in [0.3, 0.4) is 0 Å². The normalized spacial score (nSPS) is 27.8. The lowest BCUT2D eigenvalue weighted by atomic mass is 9.54. The molecule has 0 radical (unpaired) electrons. The van der Waals surface area contributed by atoms with E-state index in [1.165, 1.54) is 0 Å². The molecular weight excluding hydrogens is 476 g/mol. The molecular formula is C28H36N2O7. The minimum atomic E-state index is -2.59. The SMILES string of the molecule is CC(C)[C@@H]1C(=O)C(C(N)=O)=C(O)[C@@]2(O)C(=O)C3=C(O)c4c(ccc(CNCC(C)(C)C)c4O)C[C@H]3C[C@@H]12. The molecule has 1 aromatic rings. The van der Waals surface area contributed by atoms with Gasteiger partial charge in [-0.1, -0.05) is 46.8 Å². The van der Waals surface area contributed by atoms with E-state index in [1.807, 2.05) is 0 Å². The number of aliphatic hydroxyl groups is 3. The fourth-order valence-electron chi connectivity index (χ4n) is 6.22. The second kappa shape index (κ2) is 8.99. The third kappa shape index (κ3) is 4.14. The zero-order valence-electron chi connectivity index (χ0n) is 21.9. The van der Waals surface area contributed by atoms with Crippen molar-refractivity contribution in [3.63, 3.8) is 0 Å². The van der Waals surface area contributed by atoms with Gasteiger partial charge in [0.2, 0.25) is 5.78 Å². The van der Waals surface area contributed by atoms with Crippen LogP contribution in [0.2, 0.25) is 0 Å². The Morgan fingerprint density at radius 3 is 2.41 bits per heavy atom. The van der Waals surface area contributed by atoms with Gasteiger partial charge >= 0.3 is 0 Å². The standard InChI is InChI=1S/C28H36N2O7/c1-12(2)17-16-9-15-8-13-6-7-14(10-30-11-27(3,4)5)21(31)18(13)23(33)19(15)24(34)28(16,37)25(35)20(22(17)32)26(29)36/h6-7,12,15-17,30-31,33,35,37H,8-11H2,1-5H3,(H2,29,36)/t15-,16-,17-,28-/m0/s1. The Morgan fingerprint density at radius 2 is 1.84 bits per heavy atom.